The van der Waals surface area contributed by atoms with Crippen molar-refractivity contribution < 1.29 is 14.4 Å². The molecule has 2 aliphatic carbocycles. The number of imide groups is 1. The molecule has 29 heavy (non-hydrogen) atoms. The van der Waals surface area contributed by atoms with Gasteiger partial charge in [-0.1, -0.05) is 44.0 Å². The standard InChI is InChI=1S/C12H11BrN2O2.C10H9BrO/c13-9-2-1-8-6-12(4-3-7(8)5-9)10(16)14-11(17)15-12;11-9-3-1-8-6-10(12)4-2-7(8)5-9/h1-2,5H,3-4,6H2,(H2,14,15,16,17);1,3,5H,2,4,6H2. The zero-order valence-electron chi connectivity index (χ0n) is 15.7. The average molecular weight is 520 g/mol. The molecule has 2 aromatic rings. The summed E-state index contributed by atoms with van der Waals surface area (Å²) >= 11 is 6.86. The lowest BCUT2D eigenvalue weighted by molar-refractivity contribution is -0.124. The highest BCUT2D eigenvalue weighted by molar-refractivity contribution is 9.10. The van der Waals surface area contributed by atoms with Crippen LogP contribution in [0.15, 0.2) is 45.3 Å². The van der Waals surface area contributed by atoms with Gasteiger partial charge in [0.25, 0.3) is 5.91 Å². The van der Waals surface area contributed by atoms with Crippen LogP contribution in [-0.4, -0.2) is 23.3 Å². The summed E-state index contributed by atoms with van der Waals surface area (Å²) in [6.07, 6.45) is 4.30. The Kier molecular flexibility index (Phi) is 5.62. The molecule has 2 N–H and O–H groups in total. The van der Waals surface area contributed by atoms with Gasteiger partial charge in [-0.2, -0.15) is 0 Å². The van der Waals surface area contributed by atoms with Gasteiger partial charge in [0, 0.05) is 28.2 Å². The van der Waals surface area contributed by atoms with Crippen molar-refractivity contribution in [3.8, 4) is 0 Å². The fourth-order valence-corrected chi connectivity index (χ4v) is 4.98. The predicted molar refractivity (Wildman–Crippen MR) is 117 cm³/mol. The summed E-state index contributed by atoms with van der Waals surface area (Å²) in [6.45, 7) is 0. The third-order valence-electron chi connectivity index (χ3n) is 5.73. The third kappa shape index (κ3) is 4.31. The van der Waals surface area contributed by atoms with E-state index in [1.807, 2.05) is 24.3 Å². The molecule has 1 heterocycles. The number of nitrogens with one attached hydrogen (secondary N) is 2. The zero-order valence-corrected chi connectivity index (χ0v) is 18.9. The molecule has 1 unspecified atom stereocenters. The molecule has 3 amide bonds. The predicted octanol–water partition coefficient (Wildman–Crippen LogP) is 4.02. The summed E-state index contributed by atoms with van der Waals surface area (Å²) in [5.41, 5.74) is 4.19. The van der Waals surface area contributed by atoms with E-state index in [1.54, 1.807) is 0 Å². The number of halogens is 2. The van der Waals surface area contributed by atoms with Crippen molar-refractivity contribution in [2.45, 2.75) is 44.1 Å². The van der Waals surface area contributed by atoms with Crippen molar-refractivity contribution in [2.75, 3.05) is 0 Å². The van der Waals surface area contributed by atoms with Crippen LogP contribution >= 0.6 is 31.9 Å². The average Bonchev–Trinajstić information content (AvgIpc) is 2.95. The lowest BCUT2D eigenvalue weighted by Gasteiger charge is -2.31. The second-order valence-electron chi connectivity index (χ2n) is 7.71. The summed E-state index contributed by atoms with van der Waals surface area (Å²) in [4.78, 5) is 34.2. The van der Waals surface area contributed by atoms with Crippen molar-refractivity contribution in [1.29, 1.82) is 0 Å². The first-order valence-corrected chi connectivity index (χ1v) is 11.1. The van der Waals surface area contributed by atoms with Crippen LogP contribution in [0, 0.1) is 0 Å². The van der Waals surface area contributed by atoms with E-state index in [-0.39, 0.29) is 11.9 Å². The van der Waals surface area contributed by atoms with Crippen LogP contribution in [0.5, 0.6) is 0 Å². The Morgan fingerprint density at radius 3 is 2.10 bits per heavy atom. The van der Waals surface area contributed by atoms with Gasteiger partial charge in [-0.25, -0.2) is 4.79 Å². The molecule has 0 radical (unpaired) electrons. The number of fused-ring (bicyclic) bond motifs is 2. The van der Waals surface area contributed by atoms with E-state index in [0.717, 1.165) is 27.4 Å². The molecule has 0 saturated carbocycles. The molecule has 0 bridgehead atoms. The number of amides is 3. The Hall–Kier alpha value is -1.99. The van der Waals surface area contributed by atoms with Gasteiger partial charge in [0.1, 0.15) is 11.3 Å². The normalized spacial score (nSPS) is 22.2. The largest absolute Gasteiger partial charge is 0.323 e. The SMILES string of the molecule is O=C1CCc2cc(Br)ccc2C1.O=C1NC(=O)C2(CCc3cc(Br)ccc3C2)N1. The molecule has 1 fully saturated rings. The first-order chi connectivity index (χ1) is 13.8. The molecule has 1 atom stereocenters. The minimum absolute atomic E-state index is 0.198. The van der Waals surface area contributed by atoms with Gasteiger partial charge in [-0.05, 0) is 65.8 Å². The number of Topliss-reactive ketones (excluding diaryl/α,β-unsaturated/α-hetero) is 1. The van der Waals surface area contributed by atoms with Gasteiger partial charge >= 0.3 is 6.03 Å². The second-order valence-corrected chi connectivity index (χ2v) is 9.54. The summed E-state index contributed by atoms with van der Waals surface area (Å²) in [7, 11) is 0. The van der Waals surface area contributed by atoms with Crippen LogP contribution < -0.4 is 10.6 Å². The van der Waals surface area contributed by atoms with E-state index in [4.69, 9.17) is 0 Å². The smallest absolute Gasteiger partial charge is 0.322 e. The van der Waals surface area contributed by atoms with Crippen LogP contribution in [0.3, 0.4) is 0 Å². The Labute approximate surface area is 185 Å². The molecular formula is C22H20Br2N2O3. The van der Waals surface area contributed by atoms with Crippen LogP contribution in [0.4, 0.5) is 4.79 Å². The molecular weight excluding hydrogens is 500 g/mol. The van der Waals surface area contributed by atoms with E-state index in [9.17, 15) is 14.4 Å². The van der Waals surface area contributed by atoms with Gasteiger partial charge in [0.2, 0.25) is 0 Å². The number of aryl methyl sites for hydroxylation is 2. The fraction of sp³-hybridized carbons (Fsp3) is 0.318. The highest BCUT2D eigenvalue weighted by atomic mass is 79.9. The Balaban J connectivity index is 0.000000150. The monoisotopic (exact) mass is 518 g/mol. The Morgan fingerprint density at radius 1 is 0.793 bits per heavy atom. The van der Waals surface area contributed by atoms with E-state index in [1.165, 1.54) is 16.7 Å². The molecule has 5 rings (SSSR count). The van der Waals surface area contributed by atoms with Crippen LogP contribution in [0.2, 0.25) is 0 Å². The molecule has 1 spiro atoms. The molecule has 3 aliphatic rings. The molecule has 0 aromatic heterocycles. The molecule has 2 aromatic carbocycles. The summed E-state index contributed by atoms with van der Waals surface area (Å²) in [6, 6.07) is 11.8. The van der Waals surface area contributed by atoms with Crippen molar-refractivity contribution in [1.82, 2.24) is 10.6 Å². The van der Waals surface area contributed by atoms with E-state index in [0.29, 0.717) is 31.5 Å². The van der Waals surface area contributed by atoms with Gasteiger partial charge < -0.3 is 5.32 Å². The number of urea groups is 1. The number of carbonyl (C=O) groups is 3. The van der Waals surface area contributed by atoms with Crippen molar-refractivity contribution in [3.63, 3.8) is 0 Å². The van der Waals surface area contributed by atoms with Crippen molar-refractivity contribution >= 4 is 49.6 Å². The topological polar surface area (TPSA) is 75.3 Å². The van der Waals surface area contributed by atoms with Gasteiger partial charge in [-0.3, -0.25) is 14.9 Å². The van der Waals surface area contributed by atoms with Crippen molar-refractivity contribution in [2.24, 2.45) is 0 Å². The lowest BCUT2D eigenvalue weighted by Crippen LogP contribution is -2.51. The van der Waals surface area contributed by atoms with Crippen LogP contribution in [0.25, 0.3) is 0 Å². The van der Waals surface area contributed by atoms with Crippen LogP contribution in [0.1, 0.15) is 35.1 Å². The third-order valence-corrected chi connectivity index (χ3v) is 6.71. The zero-order chi connectivity index (χ0) is 20.6. The summed E-state index contributed by atoms with van der Waals surface area (Å²) in [5.74, 6) is 0.167. The molecule has 7 heteroatoms. The summed E-state index contributed by atoms with van der Waals surface area (Å²) < 4.78 is 2.16. The maximum atomic E-state index is 11.8. The number of ketones is 1. The minimum Gasteiger partial charge on any atom is -0.323 e. The van der Waals surface area contributed by atoms with E-state index < -0.39 is 5.54 Å². The maximum absolute atomic E-state index is 11.8. The quantitative estimate of drug-likeness (QED) is 0.516. The maximum Gasteiger partial charge on any atom is 0.322 e. The molecule has 1 saturated heterocycles. The second kappa shape index (κ2) is 8.03. The Bertz CT molecular complexity index is 1020. The van der Waals surface area contributed by atoms with Gasteiger partial charge in [-0.15, -0.1) is 0 Å². The number of carbonyl (C=O) groups excluding carboxylic acids is 3. The number of rotatable bonds is 0. The van der Waals surface area contributed by atoms with Gasteiger partial charge in [0.05, 0.1) is 0 Å². The molecule has 5 nitrogen and oxygen atoms in total. The summed E-state index contributed by atoms with van der Waals surface area (Å²) in [5, 5.41) is 5.08. The highest BCUT2D eigenvalue weighted by Gasteiger charge is 2.47. The van der Waals surface area contributed by atoms with Gasteiger partial charge in [0.15, 0.2) is 0 Å². The lowest BCUT2D eigenvalue weighted by atomic mass is 9.78. The van der Waals surface area contributed by atoms with E-state index >= 15 is 0 Å². The highest BCUT2D eigenvalue weighted by Crippen LogP contribution is 2.32. The van der Waals surface area contributed by atoms with Crippen molar-refractivity contribution in [3.05, 3.63) is 67.6 Å². The van der Waals surface area contributed by atoms with E-state index in [2.05, 4.69) is 54.6 Å². The Morgan fingerprint density at radius 2 is 1.45 bits per heavy atom. The number of hydrogen-bond acceptors (Lipinski definition) is 3. The molecule has 1 aliphatic heterocycles. The first-order valence-electron chi connectivity index (χ1n) is 9.54. The first kappa shape index (κ1) is 20.3. The number of benzene rings is 2. The fourth-order valence-electron chi connectivity index (χ4n) is 4.16. The van der Waals surface area contributed by atoms with Crippen LogP contribution in [-0.2, 0) is 35.3 Å². The minimum atomic E-state index is -0.724. The number of hydrogen-bond donors (Lipinski definition) is 2. The molecule has 150 valence electrons.